The predicted molar refractivity (Wildman–Crippen MR) is 109 cm³/mol. The summed E-state index contributed by atoms with van der Waals surface area (Å²) in [5, 5.41) is 22.9. The highest BCUT2D eigenvalue weighted by Crippen LogP contribution is 2.13. The number of hydrogen-bond donors (Lipinski definition) is 4. The van der Waals surface area contributed by atoms with Gasteiger partial charge in [0, 0.05) is 18.3 Å². The predicted octanol–water partition coefficient (Wildman–Crippen LogP) is 1.47. The van der Waals surface area contributed by atoms with Crippen molar-refractivity contribution in [3.8, 4) is 0 Å². The number of carboxylic acids is 1. The van der Waals surface area contributed by atoms with E-state index < -0.39 is 17.2 Å². The highest BCUT2D eigenvalue weighted by Gasteiger charge is 2.38. The number of nitrogens with zero attached hydrogens (tertiary/aromatic N) is 2. The monoisotopic (exact) mass is 485 g/mol. The van der Waals surface area contributed by atoms with Gasteiger partial charge in [-0.15, -0.1) is 10.1 Å². The summed E-state index contributed by atoms with van der Waals surface area (Å²) in [5.74, 6) is -3.04. The molecule has 0 amide bonds. The van der Waals surface area contributed by atoms with E-state index >= 15 is 0 Å². The third kappa shape index (κ3) is 17.3. The maximum atomic E-state index is 11.8. The molecule has 1 aromatic rings. The maximum absolute atomic E-state index is 11.8. The number of carbonyl (C=O) groups excluding carboxylic acids is 1. The first-order valence-corrected chi connectivity index (χ1v) is 10.1. The lowest BCUT2D eigenvalue weighted by molar-refractivity contribution is -0.757. The van der Waals surface area contributed by atoms with Crippen molar-refractivity contribution >= 4 is 11.9 Å². The van der Waals surface area contributed by atoms with Crippen LogP contribution in [0.15, 0.2) is 12.5 Å². The molecule has 0 spiro atoms. The van der Waals surface area contributed by atoms with Gasteiger partial charge in [-0.3, -0.25) is 4.79 Å². The summed E-state index contributed by atoms with van der Waals surface area (Å²) in [6.07, 6.45) is 3.28. The first-order chi connectivity index (χ1) is 15.6. The van der Waals surface area contributed by atoms with Crippen LogP contribution in [0.2, 0.25) is 0 Å². The number of rotatable bonds is 16. The van der Waals surface area contributed by atoms with Crippen LogP contribution < -0.4 is 10.6 Å². The van der Waals surface area contributed by atoms with Gasteiger partial charge >= 0.3 is 18.1 Å². The number of methoxy groups -OCH3 is 1. The Kier molecular flexibility index (Phi) is 16.0. The van der Waals surface area contributed by atoms with E-state index in [-0.39, 0.29) is 18.6 Å². The number of hydrogen-bond acceptors (Lipinski definition) is 9. The second-order valence-electron chi connectivity index (χ2n) is 6.69. The summed E-state index contributed by atoms with van der Waals surface area (Å²) in [5.41, 5.74) is 0.884. The van der Waals surface area contributed by atoms with E-state index in [0.717, 1.165) is 44.5 Å². The summed E-state index contributed by atoms with van der Waals surface area (Å²) in [6.45, 7) is 2.64. The van der Waals surface area contributed by atoms with Gasteiger partial charge in [0.2, 0.25) is 0 Å². The average Bonchev–Trinajstić information content (AvgIpc) is 3.25. The Labute approximate surface area is 188 Å². The molecular weight excluding hydrogens is 455 g/mol. The summed E-state index contributed by atoms with van der Waals surface area (Å²) in [6, 6.07) is -0.387. The number of aromatic nitrogens is 2. The number of alkyl halides is 3. The van der Waals surface area contributed by atoms with Gasteiger partial charge in [0.1, 0.15) is 6.04 Å². The molecule has 0 aliphatic heterocycles. The summed E-state index contributed by atoms with van der Waals surface area (Å²) >= 11 is 0. The molecule has 0 unspecified atom stereocenters. The quantitative estimate of drug-likeness (QED) is 0.116. The molecule has 4 N–H and O–H groups in total. The minimum Gasteiger partial charge on any atom is -0.475 e. The minimum absolute atomic E-state index is 0.173. The van der Waals surface area contributed by atoms with Crippen molar-refractivity contribution in [2.24, 2.45) is 0 Å². The number of esters is 1. The number of carboxylic acid groups (broad SMARTS) is 1. The molecular formula is C18H30F3N5O7. The Hall–Kier alpha value is -2.94. The third-order valence-corrected chi connectivity index (χ3v) is 4.07. The molecule has 0 saturated heterocycles. The Morgan fingerprint density at radius 2 is 1.85 bits per heavy atom. The molecule has 190 valence electrons. The maximum Gasteiger partial charge on any atom is 0.490 e. The molecule has 1 atom stereocenters. The highest BCUT2D eigenvalue weighted by atomic mass is 19.4. The van der Waals surface area contributed by atoms with Crippen LogP contribution in [0.1, 0.15) is 37.8 Å². The minimum atomic E-state index is -5.08. The van der Waals surface area contributed by atoms with E-state index in [4.69, 9.17) is 14.6 Å². The van der Waals surface area contributed by atoms with Gasteiger partial charge in [0.05, 0.1) is 20.0 Å². The lowest BCUT2D eigenvalue weighted by Gasteiger charge is -2.15. The van der Waals surface area contributed by atoms with Gasteiger partial charge in [-0.25, -0.2) is 9.78 Å². The first kappa shape index (κ1) is 30.1. The van der Waals surface area contributed by atoms with E-state index in [1.165, 1.54) is 7.11 Å². The molecule has 0 aliphatic carbocycles. The second kappa shape index (κ2) is 17.6. The van der Waals surface area contributed by atoms with Crippen molar-refractivity contribution < 1.29 is 42.5 Å². The van der Waals surface area contributed by atoms with Crippen LogP contribution in [-0.4, -0.2) is 77.7 Å². The van der Waals surface area contributed by atoms with Crippen molar-refractivity contribution in [3.05, 3.63) is 28.3 Å². The van der Waals surface area contributed by atoms with E-state index in [1.807, 2.05) is 0 Å². The van der Waals surface area contributed by atoms with Crippen molar-refractivity contribution in [1.82, 2.24) is 20.6 Å². The molecule has 12 nitrogen and oxygen atoms in total. The van der Waals surface area contributed by atoms with Gasteiger partial charge in [0.15, 0.2) is 0 Å². The molecule has 0 fully saturated rings. The fraction of sp³-hybridized carbons (Fsp3) is 0.722. The number of imidazole rings is 1. The van der Waals surface area contributed by atoms with Crippen molar-refractivity contribution in [2.45, 2.75) is 50.7 Å². The van der Waals surface area contributed by atoms with Crippen LogP contribution in [0.25, 0.3) is 0 Å². The van der Waals surface area contributed by atoms with Crippen molar-refractivity contribution in [1.29, 1.82) is 0 Å². The number of carbonyl (C=O) groups is 2. The molecule has 0 aromatic carbocycles. The standard InChI is InChI=1S/C16H29N5O5.C2HF3O2/c1-25-16(22)15(11-14-12-18-13-20-14)19-9-6-8-17-7-4-2-3-5-10-26-21(23)24;3-2(4,5)1(6)7/h12-13,15,17,19H,2-11H2,1H3,(H,18,20);(H,6,7)/t15-;/m0./s1. The lowest BCUT2D eigenvalue weighted by Crippen LogP contribution is -2.40. The molecule has 33 heavy (non-hydrogen) atoms. The molecule has 1 heterocycles. The Morgan fingerprint density at radius 3 is 2.39 bits per heavy atom. The topological polar surface area (TPSA) is 169 Å². The molecule has 0 radical (unpaired) electrons. The summed E-state index contributed by atoms with van der Waals surface area (Å²) in [4.78, 5) is 41.9. The number of H-pyrrole nitrogens is 1. The number of halogens is 3. The highest BCUT2D eigenvalue weighted by molar-refractivity contribution is 5.76. The number of aliphatic carboxylic acids is 1. The molecule has 0 saturated carbocycles. The zero-order chi connectivity index (χ0) is 25.1. The molecule has 1 aromatic heterocycles. The molecule has 15 heteroatoms. The summed E-state index contributed by atoms with van der Waals surface area (Å²) in [7, 11) is 1.38. The summed E-state index contributed by atoms with van der Waals surface area (Å²) < 4.78 is 36.6. The van der Waals surface area contributed by atoms with Crippen LogP contribution in [0.5, 0.6) is 0 Å². The van der Waals surface area contributed by atoms with Gasteiger partial charge in [0.25, 0.3) is 5.09 Å². The van der Waals surface area contributed by atoms with Crippen LogP contribution >= 0.6 is 0 Å². The van der Waals surface area contributed by atoms with Crippen molar-refractivity contribution in [2.75, 3.05) is 33.4 Å². The van der Waals surface area contributed by atoms with E-state index in [9.17, 15) is 28.1 Å². The number of aromatic amines is 1. The molecule has 1 rings (SSSR count). The average molecular weight is 485 g/mol. The number of ether oxygens (including phenoxy) is 1. The molecule has 0 aliphatic rings. The Bertz CT molecular complexity index is 675. The number of unbranched alkanes of at least 4 members (excludes halogenated alkanes) is 3. The first-order valence-electron chi connectivity index (χ1n) is 10.1. The van der Waals surface area contributed by atoms with Crippen molar-refractivity contribution in [3.63, 3.8) is 0 Å². The van der Waals surface area contributed by atoms with E-state index in [2.05, 4.69) is 25.4 Å². The van der Waals surface area contributed by atoms with Crippen LogP contribution in [0.3, 0.4) is 0 Å². The third-order valence-electron chi connectivity index (χ3n) is 4.07. The smallest absolute Gasteiger partial charge is 0.475 e. The van der Waals surface area contributed by atoms with Crippen LogP contribution in [0, 0.1) is 10.1 Å². The second-order valence-corrected chi connectivity index (χ2v) is 6.69. The van der Waals surface area contributed by atoms with Gasteiger partial charge < -0.3 is 30.3 Å². The Morgan fingerprint density at radius 1 is 1.21 bits per heavy atom. The van der Waals surface area contributed by atoms with Gasteiger partial charge in [-0.05, 0) is 38.9 Å². The molecule has 0 bridgehead atoms. The lowest BCUT2D eigenvalue weighted by atomic mass is 10.1. The normalized spacial score (nSPS) is 11.8. The largest absolute Gasteiger partial charge is 0.490 e. The van der Waals surface area contributed by atoms with Gasteiger partial charge in [-0.2, -0.15) is 13.2 Å². The van der Waals surface area contributed by atoms with E-state index in [0.29, 0.717) is 19.4 Å². The zero-order valence-electron chi connectivity index (χ0n) is 18.2. The van der Waals surface area contributed by atoms with Crippen LogP contribution in [0.4, 0.5) is 13.2 Å². The fourth-order valence-corrected chi connectivity index (χ4v) is 2.46. The van der Waals surface area contributed by atoms with E-state index in [1.54, 1.807) is 12.5 Å². The van der Waals surface area contributed by atoms with Crippen LogP contribution in [-0.2, 0) is 25.6 Å². The number of nitrogens with one attached hydrogen (secondary N) is 3. The zero-order valence-corrected chi connectivity index (χ0v) is 18.2. The SMILES string of the molecule is COC(=O)[C@H](Cc1cnc[nH]1)NCCCNCCCCCCO[N+](=O)[O-].O=C(O)C(F)(F)F. The van der Waals surface area contributed by atoms with Gasteiger partial charge in [-0.1, -0.05) is 12.8 Å². The fourth-order valence-electron chi connectivity index (χ4n) is 2.46. The Balaban J connectivity index is 0.00000126.